The number of β-amino-alcohol motifs (C(OH)–C–C–N with tert-alkyl or cyclic N) is 1. The molecule has 398 valence electrons. The van der Waals surface area contributed by atoms with Crippen LogP contribution < -0.4 is 20.7 Å². The lowest BCUT2D eigenvalue weighted by Gasteiger charge is -2.63. The number of unbranched alkanes of at least 4 members (excludes halogenated alkanes) is 1. The third-order valence-electron chi connectivity index (χ3n) is 15.1. The summed E-state index contributed by atoms with van der Waals surface area (Å²) in [6, 6.07) is 17.9. The maximum absolute atomic E-state index is 14.2. The lowest BCUT2D eigenvalue weighted by molar-refractivity contribution is -0.164. The van der Waals surface area contributed by atoms with Crippen LogP contribution in [0.1, 0.15) is 119 Å². The lowest BCUT2D eigenvalue weighted by Crippen LogP contribution is -2.74. The number of carbonyl (C=O) groups excluding carboxylic acids is 4. The Morgan fingerprint density at radius 1 is 0.919 bits per heavy atom. The van der Waals surface area contributed by atoms with Gasteiger partial charge in [0.1, 0.15) is 23.9 Å². The van der Waals surface area contributed by atoms with Gasteiger partial charge in [0.05, 0.1) is 52.0 Å². The van der Waals surface area contributed by atoms with Gasteiger partial charge < -0.3 is 35.6 Å². The fourth-order valence-corrected chi connectivity index (χ4v) is 12.0. The minimum atomic E-state index is -4.70. The smallest absolute Gasteiger partial charge is 0.417 e. The van der Waals surface area contributed by atoms with Gasteiger partial charge in [0.25, 0.3) is 5.91 Å². The van der Waals surface area contributed by atoms with Crippen LogP contribution in [-0.4, -0.2) is 125 Å². The molecule has 3 heterocycles. The number of ether oxygens (including phenoxy) is 1. The normalized spacial score (nSPS) is 21.7. The molecule has 1 aliphatic carbocycles. The Morgan fingerprint density at radius 2 is 1.57 bits per heavy atom. The van der Waals surface area contributed by atoms with E-state index in [1.54, 1.807) is 17.4 Å². The molecule has 2 saturated heterocycles. The molecule has 1 unspecified atom stereocenters. The van der Waals surface area contributed by atoms with Gasteiger partial charge in [-0.05, 0) is 92.1 Å². The summed E-state index contributed by atoms with van der Waals surface area (Å²) >= 11 is 1.57. The van der Waals surface area contributed by atoms with E-state index in [-0.39, 0.29) is 55.1 Å². The molecule has 4 atom stereocenters. The second kappa shape index (κ2) is 22.5. The SMILES string of the molecule is Cc1ncsc1-c1ccc([C@H](C)NC(=O)[C@@H]2C[C@@H](O)CN2C(=O)C(NC(=O)CN2CCN(CCCCc3ccc(C(=O)NC4C(C)(C)C(Oc5ccc(C#N)c(C(F)(F)F)c5)C4(C)C)cc3)CC2)C(C)(C)C)cc1. The fourth-order valence-electron chi connectivity index (χ4n) is 11.2. The van der Waals surface area contributed by atoms with Gasteiger partial charge in [0.2, 0.25) is 17.7 Å². The van der Waals surface area contributed by atoms with Crippen molar-refractivity contribution in [3.8, 4) is 22.3 Å². The largest absolute Gasteiger partial charge is 0.489 e. The number of carbonyl (C=O) groups is 4. The molecule has 18 heteroatoms. The van der Waals surface area contributed by atoms with Gasteiger partial charge in [0, 0.05) is 61.6 Å². The number of aliphatic hydroxyl groups excluding tert-OH is 1. The van der Waals surface area contributed by atoms with Gasteiger partial charge in [-0.25, -0.2) is 4.98 Å². The zero-order chi connectivity index (χ0) is 53.9. The van der Waals surface area contributed by atoms with Crippen LogP contribution in [0.15, 0.2) is 72.2 Å². The van der Waals surface area contributed by atoms with E-state index in [4.69, 9.17) is 4.74 Å². The molecule has 4 amide bonds. The molecular weight excluding hydrogens is 970 g/mol. The van der Waals surface area contributed by atoms with Crippen LogP contribution in [-0.2, 0) is 27.0 Å². The minimum absolute atomic E-state index is 0.00356. The number of rotatable bonds is 17. The van der Waals surface area contributed by atoms with E-state index >= 15 is 0 Å². The number of alkyl halides is 3. The van der Waals surface area contributed by atoms with Crippen molar-refractivity contribution in [2.24, 2.45) is 16.2 Å². The molecule has 4 aromatic rings. The predicted octanol–water partition coefficient (Wildman–Crippen LogP) is 7.93. The Kier molecular flexibility index (Phi) is 17.0. The van der Waals surface area contributed by atoms with Gasteiger partial charge in [-0.3, -0.25) is 24.1 Å². The highest BCUT2D eigenvalue weighted by Gasteiger charge is 2.64. The van der Waals surface area contributed by atoms with Gasteiger partial charge in [-0.15, -0.1) is 11.3 Å². The van der Waals surface area contributed by atoms with Crippen LogP contribution in [0.4, 0.5) is 13.2 Å². The van der Waals surface area contributed by atoms with Crippen molar-refractivity contribution < 1.29 is 42.2 Å². The number of likely N-dealkylation sites (tertiary alicyclic amines) is 1. The summed E-state index contributed by atoms with van der Waals surface area (Å²) in [5.41, 5.74) is 2.91. The average molecular weight is 1040 g/mol. The van der Waals surface area contributed by atoms with Crippen molar-refractivity contribution >= 4 is 35.0 Å². The number of halogens is 3. The number of aryl methyl sites for hydroxylation is 2. The summed E-state index contributed by atoms with van der Waals surface area (Å²) < 4.78 is 47.0. The third kappa shape index (κ3) is 12.8. The van der Waals surface area contributed by atoms with Crippen LogP contribution in [0.25, 0.3) is 10.4 Å². The predicted molar refractivity (Wildman–Crippen MR) is 278 cm³/mol. The second-order valence-corrected chi connectivity index (χ2v) is 23.4. The molecule has 3 aromatic carbocycles. The zero-order valence-electron chi connectivity index (χ0n) is 43.9. The molecule has 14 nitrogen and oxygen atoms in total. The Hall–Kier alpha value is -5.87. The number of hydrogen-bond acceptors (Lipinski definition) is 11. The summed E-state index contributed by atoms with van der Waals surface area (Å²) in [7, 11) is 0. The van der Waals surface area contributed by atoms with E-state index in [0.717, 1.165) is 78.3 Å². The van der Waals surface area contributed by atoms with Crippen molar-refractivity contribution in [3.05, 3.63) is 106 Å². The molecule has 7 rings (SSSR count). The number of thiazole rings is 1. The Morgan fingerprint density at radius 3 is 2.16 bits per heavy atom. The van der Waals surface area contributed by atoms with E-state index in [1.807, 2.05) is 116 Å². The number of piperazine rings is 1. The summed E-state index contributed by atoms with van der Waals surface area (Å²) in [6.45, 7) is 21.2. The van der Waals surface area contributed by atoms with Crippen LogP contribution in [0.2, 0.25) is 0 Å². The average Bonchev–Trinajstić information content (AvgIpc) is 3.97. The molecule has 1 saturated carbocycles. The summed E-state index contributed by atoms with van der Waals surface area (Å²) in [5.74, 6) is -1.26. The minimum Gasteiger partial charge on any atom is -0.489 e. The topological polar surface area (TPSA) is 180 Å². The Bertz CT molecular complexity index is 2670. The van der Waals surface area contributed by atoms with Crippen molar-refractivity contribution in [2.45, 2.75) is 131 Å². The molecule has 1 aromatic heterocycles. The number of benzene rings is 3. The molecule has 2 aliphatic heterocycles. The van der Waals surface area contributed by atoms with E-state index < -0.39 is 63.7 Å². The lowest BCUT2D eigenvalue weighted by atomic mass is 9.49. The van der Waals surface area contributed by atoms with Gasteiger partial charge in [-0.2, -0.15) is 18.4 Å². The summed E-state index contributed by atoms with van der Waals surface area (Å²) in [5, 5.41) is 29.1. The molecule has 0 bridgehead atoms. The van der Waals surface area contributed by atoms with Crippen LogP contribution >= 0.6 is 11.3 Å². The standard InChI is InChI=1S/C56H71F3N8O6S/c1-34(37-17-19-38(20-18-37)46-35(2)61-33-74-46)62-49(71)44-28-41(68)31-67(44)50(72)47(53(3,4)5)63-45(69)32-66-26-24-65(25-27-66)23-11-10-12-36-13-15-39(16-14-36)48(70)64-51-54(6,7)52(55(51,8)9)73-42-22-21-40(30-60)43(29-42)56(57,58)59/h13-22,29,33-34,41,44,47,51-52,68H,10-12,23-28,31-32H2,1-9H3,(H,62,71)(H,63,69)(H,64,70)/t34-,41+,44-,47?,51?,52?/m0/s1. The molecule has 0 spiro atoms. The fraction of sp³-hybridized carbons (Fsp3) is 0.536. The van der Waals surface area contributed by atoms with Gasteiger partial charge in [0.15, 0.2) is 0 Å². The van der Waals surface area contributed by atoms with Gasteiger partial charge >= 0.3 is 6.18 Å². The van der Waals surface area contributed by atoms with Crippen LogP contribution in [0.5, 0.6) is 5.75 Å². The summed E-state index contributed by atoms with van der Waals surface area (Å²) in [6.07, 6.45) is -3.23. The Balaban J connectivity index is 0.820. The molecule has 0 radical (unpaired) electrons. The number of nitriles is 1. The molecule has 3 aliphatic rings. The number of nitrogens with zero attached hydrogens (tertiary/aromatic N) is 5. The highest BCUT2D eigenvalue weighted by atomic mass is 32.1. The van der Waals surface area contributed by atoms with Crippen LogP contribution in [0.3, 0.4) is 0 Å². The van der Waals surface area contributed by atoms with Crippen molar-refractivity contribution in [2.75, 3.05) is 45.8 Å². The Labute approximate surface area is 437 Å². The monoisotopic (exact) mass is 1040 g/mol. The molecular formula is C56H71F3N8O6S. The number of amides is 4. The van der Waals surface area contributed by atoms with Crippen molar-refractivity contribution in [1.82, 2.24) is 35.6 Å². The van der Waals surface area contributed by atoms with E-state index in [2.05, 4.69) is 30.7 Å². The second-order valence-electron chi connectivity index (χ2n) is 22.5. The quantitative estimate of drug-likeness (QED) is 0.0759. The number of aliphatic hydroxyl groups is 1. The number of aromatic nitrogens is 1. The highest BCUT2D eigenvalue weighted by Crippen LogP contribution is 2.56. The van der Waals surface area contributed by atoms with Crippen molar-refractivity contribution in [1.29, 1.82) is 5.26 Å². The highest BCUT2D eigenvalue weighted by molar-refractivity contribution is 7.13. The first kappa shape index (κ1) is 55.9. The first-order valence-corrected chi connectivity index (χ1v) is 26.4. The van der Waals surface area contributed by atoms with Crippen molar-refractivity contribution in [3.63, 3.8) is 0 Å². The molecule has 74 heavy (non-hydrogen) atoms. The van der Waals surface area contributed by atoms with Gasteiger partial charge in [-0.1, -0.05) is 84.9 Å². The van der Waals surface area contributed by atoms with Crippen LogP contribution in [0, 0.1) is 34.5 Å². The third-order valence-corrected chi connectivity index (χ3v) is 16.1. The maximum atomic E-state index is 14.2. The maximum Gasteiger partial charge on any atom is 0.417 e. The number of nitrogens with one attached hydrogen (secondary N) is 3. The zero-order valence-corrected chi connectivity index (χ0v) is 44.8. The molecule has 3 fully saturated rings. The van der Waals surface area contributed by atoms with E-state index in [0.29, 0.717) is 18.7 Å². The number of hydrogen-bond donors (Lipinski definition) is 4. The summed E-state index contributed by atoms with van der Waals surface area (Å²) in [4.78, 5) is 66.3. The first-order chi connectivity index (χ1) is 34.8. The van der Waals surface area contributed by atoms with E-state index in [9.17, 15) is 42.7 Å². The van der Waals surface area contributed by atoms with E-state index in [1.165, 1.54) is 11.0 Å². The first-order valence-electron chi connectivity index (χ1n) is 25.5. The molecule has 4 N–H and O–H groups in total.